The molecule has 2 saturated heterocycles. The third-order valence-corrected chi connectivity index (χ3v) is 3.73. The van der Waals surface area contributed by atoms with Gasteiger partial charge < -0.3 is 10.2 Å². The van der Waals surface area contributed by atoms with Gasteiger partial charge in [0.25, 0.3) is 5.91 Å². The molecule has 2 fully saturated rings. The van der Waals surface area contributed by atoms with Gasteiger partial charge in [-0.1, -0.05) is 18.2 Å². The van der Waals surface area contributed by atoms with E-state index in [1.807, 2.05) is 35.2 Å². The second-order valence-corrected chi connectivity index (χ2v) is 4.64. The van der Waals surface area contributed by atoms with E-state index in [2.05, 4.69) is 5.32 Å². The Kier molecular flexibility index (Phi) is 2.40. The molecule has 16 heavy (non-hydrogen) atoms. The fourth-order valence-corrected chi connectivity index (χ4v) is 2.85. The van der Waals surface area contributed by atoms with Crippen LogP contribution in [0.3, 0.4) is 0 Å². The van der Waals surface area contributed by atoms with Crippen molar-refractivity contribution in [3.63, 3.8) is 0 Å². The molecule has 1 aromatic rings. The third kappa shape index (κ3) is 1.52. The smallest absolute Gasteiger partial charge is 0.254 e. The van der Waals surface area contributed by atoms with Gasteiger partial charge in [-0.2, -0.15) is 0 Å². The Bertz CT molecular complexity index is 390. The molecule has 3 rings (SSSR count). The molecule has 0 spiro atoms. The highest BCUT2D eigenvalue weighted by atomic mass is 16.2. The summed E-state index contributed by atoms with van der Waals surface area (Å²) in [6.45, 7) is 2.96. The molecular weight excluding hydrogens is 200 g/mol. The molecule has 1 N–H and O–H groups in total. The van der Waals surface area contributed by atoms with Crippen molar-refractivity contribution in [2.75, 3.05) is 19.6 Å². The third-order valence-electron chi connectivity index (χ3n) is 3.73. The van der Waals surface area contributed by atoms with Crippen molar-refractivity contribution < 1.29 is 4.79 Å². The number of rotatable bonds is 1. The van der Waals surface area contributed by atoms with Crippen molar-refractivity contribution >= 4 is 5.91 Å². The Morgan fingerprint density at radius 1 is 1.25 bits per heavy atom. The van der Waals surface area contributed by atoms with E-state index in [-0.39, 0.29) is 5.91 Å². The predicted molar refractivity (Wildman–Crippen MR) is 62.2 cm³/mol. The number of fused-ring (bicyclic) bond motifs is 1. The highest BCUT2D eigenvalue weighted by Crippen LogP contribution is 2.28. The monoisotopic (exact) mass is 216 g/mol. The molecule has 0 bridgehead atoms. The van der Waals surface area contributed by atoms with Gasteiger partial charge in [0, 0.05) is 31.2 Å². The second kappa shape index (κ2) is 3.91. The Labute approximate surface area is 95.4 Å². The number of benzene rings is 1. The molecule has 84 valence electrons. The minimum absolute atomic E-state index is 0.191. The Morgan fingerprint density at radius 3 is 2.88 bits per heavy atom. The minimum Gasteiger partial charge on any atom is -0.334 e. The lowest BCUT2D eigenvalue weighted by molar-refractivity contribution is 0.0737. The molecule has 0 aliphatic carbocycles. The van der Waals surface area contributed by atoms with E-state index in [1.54, 1.807) is 0 Å². The van der Waals surface area contributed by atoms with Crippen LogP contribution in [0.4, 0.5) is 0 Å². The van der Waals surface area contributed by atoms with Gasteiger partial charge in [0.1, 0.15) is 0 Å². The van der Waals surface area contributed by atoms with Crippen LogP contribution < -0.4 is 5.32 Å². The van der Waals surface area contributed by atoms with Crippen molar-refractivity contribution in [1.29, 1.82) is 0 Å². The molecule has 2 aliphatic heterocycles. The quantitative estimate of drug-likeness (QED) is 0.763. The van der Waals surface area contributed by atoms with Crippen LogP contribution in [-0.2, 0) is 0 Å². The molecule has 3 nitrogen and oxygen atoms in total. The zero-order valence-corrected chi connectivity index (χ0v) is 9.23. The van der Waals surface area contributed by atoms with Gasteiger partial charge in [0.05, 0.1) is 0 Å². The number of amides is 1. The molecule has 2 heterocycles. The lowest BCUT2D eigenvalue weighted by Crippen LogP contribution is -2.39. The van der Waals surface area contributed by atoms with E-state index in [1.165, 1.54) is 0 Å². The zero-order valence-electron chi connectivity index (χ0n) is 9.23. The van der Waals surface area contributed by atoms with E-state index < -0.39 is 0 Å². The first kappa shape index (κ1) is 9.85. The molecule has 0 saturated carbocycles. The van der Waals surface area contributed by atoms with Crippen LogP contribution in [0.15, 0.2) is 30.3 Å². The maximum Gasteiger partial charge on any atom is 0.254 e. The Morgan fingerprint density at radius 2 is 2.06 bits per heavy atom. The number of likely N-dealkylation sites (tertiary alicyclic amines) is 1. The molecule has 3 heteroatoms. The SMILES string of the molecule is O=C(c1ccccc1)N1CC[C@H]2CNC[C@H]21. The van der Waals surface area contributed by atoms with Gasteiger partial charge >= 0.3 is 0 Å². The highest BCUT2D eigenvalue weighted by molar-refractivity contribution is 5.94. The molecule has 0 unspecified atom stereocenters. The van der Waals surface area contributed by atoms with Gasteiger partial charge in [-0.15, -0.1) is 0 Å². The van der Waals surface area contributed by atoms with Crippen LogP contribution in [-0.4, -0.2) is 36.5 Å². The van der Waals surface area contributed by atoms with Gasteiger partial charge in [-0.05, 0) is 24.5 Å². The molecular formula is C13H16N2O. The average molecular weight is 216 g/mol. The van der Waals surface area contributed by atoms with E-state index in [9.17, 15) is 4.79 Å². The Balaban J connectivity index is 1.81. The van der Waals surface area contributed by atoms with Crippen LogP contribution in [0.5, 0.6) is 0 Å². The van der Waals surface area contributed by atoms with E-state index in [4.69, 9.17) is 0 Å². The average Bonchev–Trinajstić information content (AvgIpc) is 2.91. The van der Waals surface area contributed by atoms with Crippen molar-refractivity contribution in [3.05, 3.63) is 35.9 Å². The number of carbonyl (C=O) groups excluding carboxylic acids is 1. The summed E-state index contributed by atoms with van der Waals surface area (Å²) in [5, 5.41) is 3.37. The predicted octanol–water partition coefficient (Wildman–Crippen LogP) is 1.12. The van der Waals surface area contributed by atoms with Gasteiger partial charge in [-0.25, -0.2) is 0 Å². The zero-order chi connectivity index (χ0) is 11.0. The molecule has 1 amide bonds. The summed E-state index contributed by atoms with van der Waals surface area (Å²) in [6.07, 6.45) is 1.15. The number of nitrogens with one attached hydrogen (secondary N) is 1. The summed E-state index contributed by atoms with van der Waals surface area (Å²) in [6, 6.07) is 10.0. The van der Waals surface area contributed by atoms with Crippen molar-refractivity contribution in [2.45, 2.75) is 12.5 Å². The van der Waals surface area contributed by atoms with Crippen LogP contribution in [0.25, 0.3) is 0 Å². The summed E-state index contributed by atoms with van der Waals surface area (Å²) in [7, 11) is 0. The van der Waals surface area contributed by atoms with Crippen molar-refractivity contribution in [3.8, 4) is 0 Å². The molecule has 2 atom stereocenters. The first-order valence-electron chi connectivity index (χ1n) is 5.93. The summed E-state index contributed by atoms with van der Waals surface area (Å²) < 4.78 is 0. The molecule has 0 aromatic heterocycles. The van der Waals surface area contributed by atoms with Crippen molar-refractivity contribution in [2.24, 2.45) is 5.92 Å². The van der Waals surface area contributed by atoms with E-state index in [0.29, 0.717) is 12.0 Å². The standard InChI is InChI=1S/C13H16N2O/c16-13(10-4-2-1-3-5-10)15-7-6-11-8-14-9-12(11)15/h1-5,11-12,14H,6-9H2/t11-,12+/m0/s1. The molecule has 2 aliphatic rings. The number of carbonyl (C=O) groups is 1. The van der Waals surface area contributed by atoms with Crippen LogP contribution >= 0.6 is 0 Å². The van der Waals surface area contributed by atoms with E-state index >= 15 is 0 Å². The fourth-order valence-electron chi connectivity index (χ4n) is 2.85. The first-order chi connectivity index (χ1) is 7.86. The number of hydrogen-bond donors (Lipinski definition) is 1. The minimum atomic E-state index is 0.191. The highest BCUT2D eigenvalue weighted by Gasteiger charge is 2.39. The summed E-state index contributed by atoms with van der Waals surface area (Å²) in [5.41, 5.74) is 0.815. The lowest BCUT2D eigenvalue weighted by Gasteiger charge is -2.23. The largest absolute Gasteiger partial charge is 0.334 e. The fraction of sp³-hybridized carbons (Fsp3) is 0.462. The maximum atomic E-state index is 12.3. The summed E-state index contributed by atoms with van der Waals surface area (Å²) >= 11 is 0. The van der Waals surface area contributed by atoms with Crippen LogP contribution in [0.1, 0.15) is 16.8 Å². The van der Waals surface area contributed by atoms with Gasteiger partial charge in [-0.3, -0.25) is 4.79 Å². The maximum absolute atomic E-state index is 12.3. The van der Waals surface area contributed by atoms with Gasteiger partial charge in [0.15, 0.2) is 0 Å². The molecule has 0 radical (unpaired) electrons. The van der Waals surface area contributed by atoms with E-state index in [0.717, 1.165) is 31.6 Å². The van der Waals surface area contributed by atoms with Crippen LogP contribution in [0, 0.1) is 5.92 Å². The second-order valence-electron chi connectivity index (χ2n) is 4.64. The van der Waals surface area contributed by atoms with Crippen molar-refractivity contribution in [1.82, 2.24) is 10.2 Å². The van der Waals surface area contributed by atoms with Crippen LogP contribution in [0.2, 0.25) is 0 Å². The summed E-state index contributed by atoms with van der Waals surface area (Å²) in [5.74, 6) is 0.865. The van der Waals surface area contributed by atoms with Gasteiger partial charge in [0.2, 0.25) is 0 Å². The topological polar surface area (TPSA) is 32.3 Å². The summed E-state index contributed by atoms with van der Waals surface area (Å²) in [4.78, 5) is 14.3. The number of nitrogens with zero attached hydrogens (tertiary/aromatic N) is 1. The first-order valence-corrected chi connectivity index (χ1v) is 5.93. The number of hydrogen-bond acceptors (Lipinski definition) is 2. The Hall–Kier alpha value is -1.35. The lowest BCUT2D eigenvalue weighted by atomic mass is 10.0. The normalized spacial score (nSPS) is 28.1. The molecule has 1 aromatic carbocycles.